The van der Waals surface area contributed by atoms with E-state index >= 15 is 0 Å². The van der Waals surface area contributed by atoms with Gasteiger partial charge in [0.25, 0.3) is 0 Å². The maximum atomic E-state index is 12.9. The Morgan fingerprint density at radius 2 is 2.00 bits per heavy atom. The van der Waals surface area contributed by atoms with Gasteiger partial charge < -0.3 is 4.90 Å². The van der Waals surface area contributed by atoms with Gasteiger partial charge in [0.1, 0.15) is 0 Å². The van der Waals surface area contributed by atoms with E-state index in [9.17, 15) is 4.79 Å². The summed E-state index contributed by atoms with van der Waals surface area (Å²) in [4.78, 5) is 15.2. The monoisotopic (exact) mass is 294 g/mol. The predicted octanol–water partition coefficient (Wildman–Crippen LogP) is 3.78. The van der Waals surface area contributed by atoms with E-state index in [0.717, 1.165) is 25.2 Å². The molecular formula is C18H34N2O. The van der Waals surface area contributed by atoms with Gasteiger partial charge in [-0.1, -0.05) is 53.9 Å². The van der Waals surface area contributed by atoms with Crippen LogP contribution < -0.4 is 5.32 Å². The number of nitrogens with one attached hydrogen (secondary N) is 1. The molecule has 5 atom stereocenters. The molecular weight excluding hydrogens is 260 g/mol. The smallest absolute Gasteiger partial charge is 0.241 e. The molecule has 1 aliphatic heterocycles. The first-order chi connectivity index (χ1) is 9.95. The first kappa shape index (κ1) is 16.8. The van der Waals surface area contributed by atoms with Crippen molar-refractivity contribution in [2.75, 3.05) is 0 Å². The second-order valence-corrected chi connectivity index (χ2v) is 7.73. The molecule has 1 saturated carbocycles. The molecule has 0 aromatic heterocycles. The fourth-order valence-electron chi connectivity index (χ4n) is 4.19. The SMILES string of the molecule is CCCC1NC(CC(C)C)C(=O)N1C1CCCC(C)C1C. The van der Waals surface area contributed by atoms with Crippen molar-refractivity contribution in [2.24, 2.45) is 17.8 Å². The molecule has 1 saturated heterocycles. The molecule has 2 rings (SSSR count). The number of hydrogen-bond acceptors (Lipinski definition) is 2. The van der Waals surface area contributed by atoms with Gasteiger partial charge in [-0.25, -0.2) is 0 Å². The lowest BCUT2D eigenvalue weighted by Crippen LogP contribution is -2.50. The number of nitrogens with zero attached hydrogens (tertiary/aromatic N) is 1. The molecule has 122 valence electrons. The molecule has 2 fully saturated rings. The number of carbonyl (C=O) groups is 1. The second-order valence-electron chi connectivity index (χ2n) is 7.73. The van der Waals surface area contributed by atoms with E-state index in [-0.39, 0.29) is 12.2 Å². The van der Waals surface area contributed by atoms with Crippen molar-refractivity contribution in [3.05, 3.63) is 0 Å². The highest BCUT2D eigenvalue weighted by atomic mass is 16.2. The topological polar surface area (TPSA) is 32.3 Å². The Morgan fingerprint density at radius 3 is 2.62 bits per heavy atom. The van der Waals surface area contributed by atoms with E-state index in [4.69, 9.17) is 0 Å². The number of rotatable bonds is 5. The summed E-state index contributed by atoms with van der Waals surface area (Å²) in [5.41, 5.74) is 0. The maximum Gasteiger partial charge on any atom is 0.241 e. The van der Waals surface area contributed by atoms with Gasteiger partial charge in [0.2, 0.25) is 5.91 Å². The lowest BCUT2D eigenvalue weighted by Gasteiger charge is -2.42. The van der Waals surface area contributed by atoms with Crippen LogP contribution in [0.2, 0.25) is 0 Å². The zero-order valence-electron chi connectivity index (χ0n) is 14.6. The van der Waals surface area contributed by atoms with E-state index in [0.29, 0.717) is 23.8 Å². The fraction of sp³-hybridized carbons (Fsp3) is 0.944. The fourth-order valence-corrected chi connectivity index (χ4v) is 4.19. The Labute approximate surface area is 130 Å². The summed E-state index contributed by atoms with van der Waals surface area (Å²) in [6.45, 7) is 11.3. The first-order valence-electron chi connectivity index (χ1n) is 9.03. The van der Waals surface area contributed by atoms with Crippen molar-refractivity contribution in [1.82, 2.24) is 10.2 Å². The van der Waals surface area contributed by atoms with Crippen LogP contribution in [0.3, 0.4) is 0 Å². The molecule has 3 nitrogen and oxygen atoms in total. The Morgan fingerprint density at radius 1 is 1.29 bits per heavy atom. The van der Waals surface area contributed by atoms with E-state index < -0.39 is 0 Å². The highest BCUT2D eigenvalue weighted by molar-refractivity contribution is 5.84. The molecule has 1 heterocycles. The van der Waals surface area contributed by atoms with Crippen molar-refractivity contribution in [3.8, 4) is 0 Å². The molecule has 2 aliphatic rings. The lowest BCUT2D eigenvalue weighted by molar-refractivity contribution is -0.135. The average molecular weight is 294 g/mol. The van der Waals surface area contributed by atoms with Gasteiger partial charge in [0, 0.05) is 6.04 Å². The maximum absolute atomic E-state index is 12.9. The van der Waals surface area contributed by atoms with Crippen LogP contribution in [0.25, 0.3) is 0 Å². The molecule has 1 amide bonds. The standard InChI is InChI=1S/C18H34N2O/c1-6-8-17-19-15(11-12(2)3)18(21)20(17)16-10-7-9-13(4)14(16)5/h12-17,19H,6-11H2,1-5H3. The zero-order chi connectivity index (χ0) is 15.6. The molecule has 0 aromatic rings. The number of amides is 1. The minimum Gasteiger partial charge on any atom is -0.323 e. The summed E-state index contributed by atoms with van der Waals surface area (Å²) >= 11 is 0. The van der Waals surface area contributed by atoms with E-state index in [2.05, 4.69) is 44.8 Å². The summed E-state index contributed by atoms with van der Waals surface area (Å²) < 4.78 is 0. The van der Waals surface area contributed by atoms with Crippen LogP contribution in [0.4, 0.5) is 0 Å². The highest BCUT2D eigenvalue weighted by Crippen LogP contribution is 2.36. The second kappa shape index (κ2) is 7.13. The minimum atomic E-state index is 0.0472. The molecule has 5 unspecified atom stereocenters. The van der Waals surface area contributed by atoms with Gasteiger partial charge in [-0.15, -0.1) is 0 Å². The molecule has 1 N–H and O–H groups in total. The Balaban J connectivity index is 2.15. The van der Waals surface area contributed by atoms with Crippen LogP contribution in [0.5, 0.6) is 0 Å². The predicted molar refractivity (Wildman–Crippen MR) is 87.9 cm³/mol. The van der Waals surface area contributed by atoms with Crippen molar-refractivity contribution in [1.29, 1.82) is 0 Å². The third-order valence-corrected chi connectivity index (χ3v) is 5.57. The summed E-state index contributed by atoms with van der Waals surface area (Å²) in [6.07, 6.45) is 7.22. The van der Waals surface area contributed by atoms with Crippen LogP contribution in [-0.4, -0.2) is 29.1 Å². The zero-order valence-corrected chi connectivity index (χ0v) is 14.6. The Kier molecular flexibility index (Phi) is 5.70. The van der Waals surface area contributed by atoms with Crippen molar-refractivity contribution >= 4 is 5.91 Å². The molecule has 0 radical (unpaired) electrons. The third-order valence-electron chi connectivity index (χ3n) is 5.57. The molecule has 21 heavy (non-hydrogen) atoms. The van der Waals surface area contributed by atoms with Gasteiger partial charge in [-0.3, -0.25) is 10.1 Å². The van der Waals surface area contributed by atoms with E-state index in [1.54, 1.807) is 0 Å². The van der Waals surface area contributed by atoms with Gasteiger partial charge >= 0.3 is 0 Å². The molecule has 0 bridgehead atoms. The molecule has 3 heteroatoms. The van der Waals surface area contributed by atoms with Crippen LogP contribution in [0, 0.1) is 17.8 Å². The van der Waals surface area contributed by atoms with Crippen LogP contribution in [0.1, 0.15) is 73.1 Å². The summed E-state index contributed by atoms with van der Waals surface area (Å²) in [5.74, 6) is 2.30. The first-order valence-corrected chi connectivity index (χ1v) is 9.03. The Hall–Kier alpha value is -0.570. The minimum absolute atomic E-state index is 0.0472. The van der Waals surface area contributed by atoms with Crippen molar-refractivity contribution in [2.45, 2.75) is 91.4 Å². The molecule has 1 aliphatic carbocycles. The van der Waals surface area contributed by atoms with E-state index in [1.807, 2.05) is 0 Å². The van der Waals surface area contributed by atoms with Crippen LogP contribution in [0.15, 0.2) is 0 Å². The number of hydrogen-bond donors (Lipinski definition) is 1. The highest BCUT2D eigenvalue weighted by Gasteiger charge is 2.44. The lowest BCUT2D eigenvalue weighted by atomic mass is 9.77. The van der Waals surface area contributed by atoms with Gasteiger partial charge in [-0.2, -0.15) is 0 Å². The largest absolute Gasteiger partial charge is 0.323 e. The molecule has 0 spiro atoms. The average Bonchev–Trinajstić information content (AvgIpc) is 2.70. The van der Waals surface area contributed by atoms with Crippen LogP contribution in [-0.2, 0) is 4.79 Å². The van der Waals surface area contributed by atoms with Crippen molar-refractivity contribution in [3.63, 3.8) is 0 Å². The van der Waals surface area contributed by atoms with Crippen LogP contribution >= 0.6 is 0 Å². The van der Waals surface area contributed by atoms with Gasteiger partial charge in [0.15, 0.2) is 0 Å². The summed E-state index contributed by atoms with van der Waals surface area (Å²) in [5, 5.41) is 3.63. The Bertz CT molecular complexity index is 355. The quantitative estimate of drug-likeness (QED) is 0.837. The van der Waals surface area contributed by atoms with Gasteiger partial charge in [-0.05, 0) is 37.0 Å². The molecule has 0 aromatic carbocycles. The third kappa shape index (κ3) is 3.61. The summed E-state index contributed by atoms with van der Waals surface area (Å²) in [7, 11) is 0. The normalized spacial score (nSPS) is 37.5. The number of carbonyl (C=O) groups excluding carboxylic acids is 1. The van der Waals surface area contributed by atoms with E-state index in [1.165, 1.54) is 19.3 Å². The summed E-state index contributed by atoms with van der Waals surface area (Å²) in [6, 6.07) is 0.494. The van der Waals surface area contributed by atoms with Gasteiger partial charge in [0.05, 0.1) is 12.2 Å². The van der Waals surface area contributed by atoms with Crippen molar-refractivity contribution < 1.29 is 4.79 Å².